The fraction of sp³-hybridized carbons (Fsp3) is 0.0714. The summed E-state index contributed by atoms with van der Waals surface area (Å²) in [6.07, 6.45) is 1.51. The Balaban J connectivity index is 1.71. The zero-order valence-electron chi connectivity index (χ0n) is 19.9. The molecule has 7 nitrogen and oxygen atoms in total. The number of hydrazone groups is 1. The molecule has 0 fully saturated rings. The number of benzene rings is 4. The molecule has 0 aliphatic carbocycles. The van der Waals surface area contributed by atoms with Crippen molar-refractivity contribution >= 4 is 43.8 Å². The summed E-state index contributed by atoms with van der Waals surface area (Å²) in [5, 5.41) is 4.07. The standard InChI is InChI=1S/C28H24BrN3O4S/c1-36-23-15-17-24(18-16-23)37(34,35)32(20-21-9-3-2-4-10-21)27-14-8-6-12-25(27)28(33)31-30-19-22-11-5-7-13-26(22)29/h2-19H,20H2,1H3,(H,31,33)/b30-19-. The van der Waals surface area contributed by atoms with Gasteiger partial charge in [-0.3, -0.25) is 9.10 Å². The highest BCUT2D eigenvalue weighted by Crippen LogP contribution is 2.30. The minimum atomic E-state index is -4.05. The summed E-state index contributed by atoms with van der Waals surface area (Å²) in [4.78, 5) is 13.2. The average molecular weight is 578 g/mol. The predicted octanol–water partition coefficient (Wildman–Crippen LogP) is 5.62. The molecular weight excluding hydrogens is 554 g/mol. The maximum absolute atomic E-state index is 13.9. The number of para-hydroxylation sites is 1. The molecular formula is C28H24BrN3O4S. The zero-order chi connectivity index (χ0) is 26.3. The minimum Gasteiger partial charge on any atom is -0.497 e. The monoisotopic (exact) mass is 577 g/mol. The quantitative estimate of drug-likeness (QED) is 0.206. The van der Waals surface area contributed by atoms with E-state index < -0.39 is 15.9 Å². The van der Waals surface area contributed by atoms with Gasteiger partial charge in [-0.1, -0.05) is 76.6 Å². The van der Waals surface area contributed by atoms with Crippen LogP contribution in [0, 0.1) is 0 Å². The van der Waals surface area contributed by atoms with Crippen LogP contribution in [0.5, 0.6) is 5.75 Å². The van der Waals surface area contributed by atoms with E-state index in [0.29, 0.717) is 5.75 Å². The normalized spacial score (nSPS) is 11.3. The van der Waals surface area contributed by atoms with Gasteiger partial charge in [-0.2, -0.15) is 5.10 Å². The van der Waals surface area contributed by atoms with Crippen LogP contribution >= 0.6 is 15.9 Å². The highest BCUT2D eigenvalue weighted by atomic mass is 79.9. The van der Waals surface area contributed by atoms with Crippen LogP contribution < -0.4 is 14.5 Å². The summed E-state index contributed by atoms with van der Waals surface area (Å²) in [6.45, 7) is 0.0275. The van der Waals surface area contributed by atoms with Gasteiger partial charge in [0, 0.05) is 10.0 Å². The van der Waals surface area contributed by atoms with Gasteiger partial charge in [-0.25, -0.2) is 13.8 Å². The first-order valence-electron chi connectivity index (χ1n) is 11.3. The molecule has 1 N–H and O–H groups in total. The lowest BCUT2D eigenvalue weighted by Crippen LogP contribution is -2.33. The van der Waals surface area contributed by atoms with E-state index in [9.17, 15) is 13.2 Å². The molecule has 0 radical (unpaired) electrons. The van der Waals surface area contributed by atoms with E-state index in [4.69, 9.17) is 4.74 Å². The number of ether oxygens (including phenoxy) is 1. The zero-order valence-corrected chi connectivity index (χ0v) is 22.3. The lowest BCUT2D eigenvalue weighted by atomic mass is 10.1. The Morgan fingerprint density at radius 1 is 0.919 bits per heavy atom. The predicted molar refractivity (Wildman–Crippen MR) is 148 cm³/mol. The first-order chi connectivity index (χ1) is 17.9. The SMILES string of the molecule is COc1ccc(S(=O)(=O)N(Cc2ccccc2)c2ccccc2C(=O)N/N=C\c2ccccc2Br)cc1. The van der Waals surface area contributed by atoms with Crippen molar-refractivity contribution in [2.24, 2.45) is 5.10 Å². The molecule has 9 heteroatoms. The summed E-state index contributed by atoms with van der Waals surface area (Å²) in [5.41, 5.74) is 4.46. The number of sulfonamides is 1. The summed E-state index contributed by atoms with van der Waals surface area (Å²) < 4.78 is 35.0. The van der Waals surface area contributed by atoms with Crippen molar-refractivity contribution in [1.82, 2.24) is 5.43 Å². The van der Waals surface area contributed by atoms with Crippen molar-refractivity contribution in [2.45, 2.75) is 11.4 Å². The number of amides is 1. The third-order valence-electron chi connectivity index (χ3n) is 5.51. The van der Waals surface area contributed by atoms with Gasteiger partial charge in [0.1, 0.15) is 5.75 Å². The molecule has 0 saturated carbocycles. The number of anilines is 1. The van der Waals surface area contributed by atoms with Crippen LogP contribution in [0.1, 0.15) is 21.5 Å². The van der Waals surface area contributed by atoms with E-state index in [2.05, 4.69) is 26.5 Å². The van der Waals surface area contributed by atoms with E-state index in [1.807, 2.05) is 54.6 Å². The van der Waals surface area contributed by atoms with Gasteiger partial charge in [0.05, 0.1) is 36.0 Å². The second-order valence-corrected chi connectivity index (χ2v) is 10.6. The van der Waals surface area contributed by atoms with E-state index in [1.54, 1.807) is 36.4 Å². The Morgan fingerprint density at radius 3 is 2.27 bits per heavy atom. The molecule has 0 aliphatic heterocycles. The molecule has 0 aliphatic rings. The Bertz CT molecular complexity index is 1510. The van der Waals surface area contributed by atoms with E-state index in [-0.39, 0.29) is 22.7 Å². The lowest BCUT2D eigenvalue weighted by molar-refractivity contribution is 0.0955. The molecule has 1 amide bonds. The number of hydrogen-bond donors (Lipinski definition) is 1. The van der Waals surface area contributed by atoms with Crippen molar-refractivity contribution in [2.75, 3.05) is 11.4 Å². The third-order valence-corrected chi connectivity index (χ3v) is 8.00. The van der Waals surface area contributed by atoms with Crippen LogP contribution in [0.25, 0.3) is 0 Å². The van der Waals surface area contributed by atoms with Crippen LogP contribution in [0.15, 0.2) is 118 Å². The first-order valence-corrected chi connectivity index (χ1v) is 13.5. The van der Waals surface area contributed by atoms with Crippen molar-refractivity contribution in [3.63, 3.8) is 0 Å². The van der Waals surface area contributed by atoms with Gasteiger partial charge in [0.2, 0.25) is 0 Å². The number of nitrogens with one attached hydrogen (secondary N) is 1. The Labute approximate surface area is 224 Å². The Hall–Kier alpha value is -3.95. The second-order valence-electron chi connectivity index (χ2n) is 7.91. The fourth-order valence-corrected chi connectivity index (χ4v) is 5.47. The molecule has 0 bridgehead atoms. The first kappa shape index (κ1) is 26.1. The summed E-state index contributed by atoms with van der Waals surface area (Å²) in [7, 11) is -2.54. The molecule has 4 aromatic carbocycles. The van der Waals surface area contributed by atoms with E-state index in [0.717, 1.165) is 15.6 Å². The molecule has 0 unspecified atom stereocenters. The highest BCUT2D eigenvalue weighted by molar-refractivity contribution is 9.10. The number of carbonyl (C=O) groups excluding carboxylic acids is 1. The molecule has 4 rings (SSSR count). The van der Waals surface area contributed by atoms with Crippen LogP contribution in [0.2, 0.25) is 0 Å². The summed E-state index contributed by atoms with van der Waals surface area (Å²) in [6, 6.07) is 29.3. The molecule has 0 atom stereocenters. The summed E-state index contributed by atoms with van der Waals surface area (Å²) >= 11 is 3.44. The summed E-state index contributed by atoms with van der Waals surface area (Å²) in [5.74, 6) is -0.00171. The molecule has 188 valence electrons. The largest absolute Gasteiger partial charge is 0.497 e. The van der Waals surface area contributed by atoms with Gasteiger partial charge in [-0.05, 0) is 48.0 Å². The van der Waals surface area contributed by atoms with Gasteiger partial charge in [-0.15, -0.1) is 0 Å². The molecule has 0 saturated heterocycles. The van der Waals surface area contributed by atoms with Gasteiger partial charge in [0.25, 0.3) is 15.9 Å². The van der Waals surface area contributed by atoms with Crippen molar-refractivity contribution < 1.29 is 17.9 Å². The Morgan fingerprint density at radius 2 is 1.57 bits per heavy atom. The van der Waals surface area contributed by atoms with E-state index in [1.165, 1.54) is 29.8 Å². The number of carbonyl (C=O) groups is 1. The van der Waals surface area contributed by atoms with Gasteiger partial charge < -0.3 is 4.74 Å². The van der Waals surface area contributed by atoms with Crippen molar-refractivity contribution in [3.05, 3.63) is 124 Å². The van der Waals surface area contributed by atoms with Crippen LogP contribution in [0.4, 0.5) is 5.69 Å². The molecule has 4 aromatic rings. The number of halogens is 1. The topological polar surface area (TPSA) is 88.1 Å². The van der Waals surface area contributed by atoms with Gasteiger partial charge >= 0.3 is 0 Å². The van der Waals surface area contributed by atoms with Crippen LogP contribution in [0.3, 0.4) is 0 Å². The molecule has 0 aromatic heterocycles. The Kier molecular flexibility index (Phi) is 8.37. The van der Waals surface area contributed by atoms with Crippen LogP contribution in [-0.2, 0) is 16.6 Å². The fourth-order valence-electron chi connectivity index (χ4n) is 3.61. The van der Waals surface area contributed by atoms with Gasteiger partial charge in [0.15, 0.2) is 0 Å². The van der Waals surface area contributed by atoms with E-state index >= 15 is 0 Å². The number of nitrogens with zero attached hydrogens (tertiary/aromatic N) is 2. The molecule has 37 heavy (non-hydrogen) atoms. The maximum Gasteiger partial charge on any atom is 0.273 e. The molecule has 0 spiro atoms. The smallest absolute Gasteiger partial charge is 0.273 e. The second kappa shape index (κ2) is 11.9. The number of rotatable bonds is 9. The third kappa shape index (κ3) is 6.25. The molecule has 0 heterocycles. The lowest BCUT2D eigenvalue weighted by Gasteiger charge is -2.26. The van der Waals surface area contributed by atoms with Crippen molar-refractivity contribution in [1.29, 1.82) is 0 Å². The number of hydrogen-bond acceptors (Lipinski definition) is 5. The average Bonchev–Trinajstić information content (AvgIpc) is 2.93. The maximum atomic E-state index is 13.9. The van der Waals surface area contributed by atoms with Crippen LogP contribution in [-0.4, -0.2) is 27.6 Å². The highest BCUT2D eigenvalue weighted by Gasteiger charge is 2.28. The van der Waals surface area contributed by atoms with Crippen molar-refractivity contribution in [3.8, 4) is 5.75 Å². The minimum absolute atomic E-state index is 0.0275. The number of methoxy groups -OCH3 is 1.